The Morgan fingerprint density at radius 1 is 1.04 bits per heavy atom. The molecule has 4 nitrogen and oxygen atoms in total. The first-order valence-electron chi connectivity index (χ1n) is 8.11. The van der Waals surface area contributed by atoms with Gasteiger partial charge >= 0.3 is 5.97 Å². The van der Waals surface area contributed by atoms with Crippen LogP contribution in [0.25, 0.3) is 11.3 Å². The molecule has 0 fully saturated rings. The molecule has 1 heterocycles. The summed E-state index contributed by atoms with van der Waals surface area (Å²) in [7, 11) is 0. The molecule has 0 spiro atoms. The number of benzene rings is 2. The van der Waals surface area contributed by atoms with Crippen LogP contribution in [-0.4, -0.2) is 17.6 Å². The van der Waals surface area contributed by atoms with E-state index in [1.54, 1.807) is 18.2 Å². The van der Waals surface area contributed by atoms with Crippen LogP contribution in [0.15, 0.2) is 65.2 Å². The Labute approximate surface area is 145 Å². The summed E-state index contributed by atoms with van der Waals surface area (Å²) in [6.45, 7) is 0.342. The van der Waals surface area contributed by atoms with Crippen molar-refractivity contribution in [3.05, 3.63) is 78.1 Å². The van der Waals surface area contributed by atoms with E-state index in [1.165, 1.54) is 12.3 Å². The van der Waals surface area contributed by atoms with Gasteiger partial charge < -0.3 is 9.15 Å². The lowest BCUT2D eigenvalue weighted by Crippen LogP contribution is -2.08. The molecule has 3 rings (SSSR count). The van der Waals surface area contributed by atoms with Gasteiger partial charge in [-0.3, -0.25) is 4.79 Å². The summed E-state index contributed by atoms with van der Waals surface area (Å²) in [6.07, 6.45) is 2.64. The minimum atomic E-state index is -0.370. The maximum absolute atomic E-state index is 13.7. The van der Waals surface area contributed by atoms with Gasteiger partial charge in [0.05, 0.1) is 24.8 Å². The average molecular weight is 339 g/mol. The maximum atomic E-state index is 13.7. The Balaban J connectivity index is 1.46. The molecule has 128 valence electrons. The van der Waals surface area contributed by atoms with E-state index in [2.05, 4.69) is 4.98 Å². The molecule has 5 heteroatoms. The number of halogens is 1. The molecule has 0 aliphatic rings. The SMILES string of the molecule is O=C(CCc1ncc(-c2ccccc2F)o1)OCCc1ccccc1. The molecule has 0 bridgehead atoms. The van der Waals surface area contributed by atoms with E-state index in [0.29, 0.717) is 36.7 Å². The van der Waals surface area contributed by atoms with Crippen molar-refractivity contribution in [2.45, 2.75) is 19.3 Å². The van der Waals surface area contributed by atoms with Gasteiger partial charge in [0.25, 0.3) is 0 Å². The number of hydrogen-bond donors (Lipinski definition) is 0. The summed E-state index contributed by atoms with van der Waals surface area (Å²) in [5.41, 5.74) is 1.48. The number of esters is 1. The van der Waals surface area contributed by atoms with Gasteiger partial charge in [0, 0.05) is 12.8 Å². The van der Waals surface area contributed by atoms with Crippen molar-refractivity contribution in [2.75, 3.05) is 6.61 Å². The zero-order valence-electron chi connectivity index (χ0n) is 13.7. The first-order valence-corrected chi connectivity index (χ1v) is 8.11. The summed E-state index contributed by atoms with van der Waals surface area (Å²) >= 11 is 0. The van der Waals surface area contributed by atoms with Crippen LogP contribution < -0.4 is 0 Å². The number of aryl methyl sites for hydroxylation is 1. The first-order chi connectivity index (χ1) is 12.2. The summed E-state index contributed by atoms with van der Waals surface area (Å²) < 4.78 is 24.4. The fourth-order valence-electron chi connectivity index (χ4n) is 2.42. The van der Waals surface area contributed by atoms with E-state index in [9.17, 15) is 9.18 Å². The predicted octanol–water partition coefficient (Wildman–Crippen LogP) is 4.20. The van der Waals surface area contributed by atoms with Crippen molar-refractivity contribution in [2.24, 2.45) is 0 Å². The van der Waals surface area contributed by atoms with Crippen LogP contribution in [0.4, 0.5) is 4.39 Å². The third-order valence-corrected chi connectivity index (χ3v) is 3.73. The standard InChI is InChI=1S/C20H18FNO3/c21-17-9-5-4-8-16(17)18-14-22-19(25-18)10-11-20(23)24-13-12-15-6-2-1-3-7-15/h1-9,14H,10-13H2. The van der Waals surface area contributed by atoms with Crippen molar-refractivity contribution in [1.82, 2.24) is 4.98 Å². The van der Waals surface area contributed by atoms with E-state index in [0.717, 1.165) is 5.56 Å². The van der Waals surface area contributed by atoms with E-state index in [1.807, 2.05) is 30.3 Å². The topological polar surface area (TPSA) is 52.3 Å². The highest BCUT2D eigenvalue weighted by atomic mass is 19.1. The molecule has 0 atom stereocenters. The summed E-state index contributed by atoms with van der Waals surface area (Å²) in [5.74, 6) is 0.0656. The number of carbonyl (C=O) groups is 1. The zero-order chi connectivity index (χ0) is 17.5. The quantitative estimate of drug-likeness (QED) is 0.605. The highest BCUT2D eigenvalue weighted by molar-refractivity contribution is 5.69. The number of rotatable bonds is 7. The Morgan fingerprint density at radius 3 is 2.60 bits per heavy atom. The monoisotopic (exact) mass is 339 g/mol. The number of carbonyl (C=O) groups excluding carboxylic acids is 1. The number of hydrogen-bond acceptors (Lipinski definition) is 4. The largest absolute Gasteiger partial charge is 0.465 e. The van der Waals surface area contributed by atoms with Crippen LogP contribution >= 0.6 is 0 Å². The van der Waals surface area contributed by atoms with E-state index < -0.39 is 0 Å². The average Bonchev–Trinajstić information content (AvgIpc) is 3.10. The van der Waals surface area contributed by atoms with Gasteiger partial charge in [-0.25, -0.2) is 9.37 Å². The molecule has 1 aromatic heterocycles. The molecular weight excluding hydrogens is 321 g/mol. The van der Waals surface area contributed by atoms with Crippen molar-refractivity contribution in [3.8, 4) is 11.3 Å². The Morgan fingerprint density at radius 2 is 1.80 bits per heavy atom. The highest BCUT2D eigenvalue weighted by Crippen LogP contribution is 2.23. The van der Waals surface area contributed by atoms with Gasteiger partial charge in [-0.15, -0.1) is 0 Å². The fraction of sp³-hybridized carbons (Fsp3) is 0.200. The molecular formula is C20H18FNO3. The van der Waals surface area contributed by atoms with E-state index in [4.69, 9.17) is 9.15 Å². The van der Waals surface area contributed by atoms with E-state index >= 15 is 0 Å². The third-order valence-electron chi connectivity index (χ3n) is 3.73. The molecule has 0 aliphatic carbocycles. The third kappa shape index (κ3) is 4.76. The number of oxazole rings is 1. The van der Waals surface area contributed by atoms with Crippen LogP contribution in [0.1, 0.15) is 17.9 Å². The second-order valence-electron chi connectivity index (χ2n) is 5.55. The lowest BCUT2D eigenvalue weighted by molar-refractivity contribution is -0.143. The molecule has 0 saturated heterocycles. The highest BCUT2D eigenvalue weighted by Gasteiger charge is 2.12. The summed E-state index contributed by atoms with van der Waals surface area (Å²) in [5, 5.41) is 0. The second kappa shape index (κ2) is 8.24. The number of aromatic nitrogens is 1. The van der Waals surface area contributed by atoms with Crippen LogP contribution in [0.5, 0.6) is 0 Å². The Bertz CT molecular complexity index is 830. The fourth-order valence-corrected chi connectivity index (χ4v) is 2.42. The second-order valence-corrected chi connectivity index (χ2v) is 5.55. The molecule has 0 radical (unpaired) electrons. The maximum Gasteiger partial charge on any atom is 0.306 e. The van der Waals surface area contributed by atoms with Crippen molar-refractivity contribution in [1.29, 1.82) is 0 Å². The van der Waals surface area contributed by atoms with Gasteiger partial charge in [0.1, 0.15) is 5.82 Å². The van der Waals surface area contributed by atoms with Gasteiger partial charge in [0.2, 0.25) is 0 Å². The smallest absolute Gasteiger partial charge is 0.306 e. The molecule has 25 heavy (non-hydrogen) atoms. The van der Waals surface area contributed by atoms with Crippen molar-refractivity contribution < 1.29 is 18.3 Å². The van der Waals surface area contributed by atoms with Crippen LogP contribution in [-0.2, 0) is 22.4 Å². The lowest BCUT2D eigenvalue weighted by Gasteiger charge is -2.04. The molecule has 2 aromatic carbocycles. The minimum absolute atomic E-state index is 0.173. The van der Waals surface area contributed by atoms with Gasteiger partial charge in [-0.1, -0.05) is 42.5 Å². The number of nitrogens with zero attached hydrogens (tertiary/aromatic N) is 1. The molecule has 0 saturated carbocycles. The van der Waals surface area contributed by atoms with Gasteiger partial charge in [-0.2, -0.15) is 0 Å². The van der Waals surface area contributed by atoms with Crippen molar-refractivity contribution in [3.63, 3.8) is 0 Å². The zero-order valence-corrected chi connectivity index (χ0v) is 13.7. The van der Waals surface area contributed by atoms with Gasteiger partial charge in [-0.05, 0) is 17.7 Å². The van der Waals surface area contributed by atoms with Crippen LogP contribution in [0, 0.1) is 5.82 Å². The van der Waals surface area contributed by atoms with Gasteiger partial charge in [0.15, 0.2) is 11.7 Å². The molecule has 0 unspecified atom stereocenters. The predicted molar refractivity (Wildman–Crippen MR) is 91.3 cm³/mol. The molecule has 3 aromatic rings. The van der Waals surface area contributed by atoms with Crippen molar-refractivity contribution >= 4 is 5.97 Å². The van der Waals surface area contributed by atoms with Crippen LogP contribution in [0.2, 0.25) is 0 Å². The molecule has 0 aliphatic heterocycles. The first kappa shape index (κ1) is 16.9. The lowest BCUT2D eigenvalue weighted by atomic mass is 10.2. The normalized spacial score (nSPS) is 10.6. The van der Waals surface area contributed by atoms with Crippen LogP contribution in [0.3, 0.4) is 0 Å². The van der Waals surface area contributed by atoms with E-state index in [-0.39, 0.29) is 18.2 Å². The number of ether oxygens (including phenoxy) is 1. The summed E-state index contributed by atoms with van der Waals surface area (Å²) in [6, 6.07) is 16.2. The molecule has 0 N–H and O–H groups in total. The Kier molecular flexibility index (Phi) is 5.57. The summed E-state index contributed by atoms with van der Waals surface area (Å²) in [4.78, 5) is 15.9. The minimum Gasteiger partial charge on any atom is -0.465 e. The molecule has 0 amide bonds. The Hall–Kier alpha value is -2.95.